The number of hydrogen-bond donors (Lipinski definition) is 2. The lowest BCUT2D eigenvalue weighted by atomic mass is 10.0. The fourth-order valence-electron chi connectivity index (χ4n) is 2.31. The maximum absolute atomic E-state index is 9.43. The van der Waals surface area contributed by atoms with E-state index in [1.165, 1.54) is 25.7 Å². The van der Waals surface area contributed by atoms with Crippen LogP contribution in [-0.4, -0.2) is 16.8 Å². The Balaban J connectivity index is 2.55. The molecule has 0 bridgehead atoms. The van der Waals surface area contributed by atoms with Gasteiger partial charge in [-0.05, 0) is 18.6 Å². The van der Waals surface area contributed by atoms with E-state index in [1.54, 1.807) is 12.1 Å². The molecule has 0 aliphatic rings. The van der Waals surface area contributed by atoms with Crippen molar-refractivity contribution >= 4 is 0 Å². The Labute approximate surface area is 128 Å². The topological polar surface area (TPSA) is 49.7 Å². The second-order valence-corrected chi connectivity index (χ2v) is 5.20. The van der Waals surface area contributed by atoms with Crippen LogP contribution in [0.3, 0.4) is 0 Å². The van der Waals surface area contributed by atoms with Gasteiger partial charge in [0, 0.05) is 16.7 Å². The number of ether oxygens (including phenoxy) is 1. The van der Waals surface area contributed by atoms with Crippen LogP contribution in [0.5, 0.6) is 5.75 Å². The fourth-order valence-corrected chi connectivity index (χ4v) is 2.31. The van der Waals surface area contributed by atoms with Crippen LogP contribution in [0.4, 0.5) is 0 Å². The first-order valence-corrected chi connectivity index (χ1v) is 7.73. The highest BCUT2D eigenvalue weighted by Crippen LogP contribution is 2.26. The van der Waals surface area contributed by atoms with Crippen LogP contribution in [0.2, 0.25) is 0 Å². The minimum Gasteiger partial charge on any atom is -0.493 e. The molecule has 0 unspecified atom stereocenters. The summed E-state index contributed by atoms with van der Waals surface area (Å²) in [6.45, 7) is 2.51. The van der Waals surface area contributed by atoms with Gasteiger partial charge in [0.25, 0.3) is 0 Å². The summed E-state index contributed by atoms with van der Waals surface area (Å²) in [6, 6.07) is 3.46. The van der Waals surface area contributed by atoms with Gasteiger partial charge in [-0.1, -0.05) is 44.9 Å². The second kappa shape index (κ2) is 10.3. The van der Waals surface area contributed by atoms with Crippen molar-refractivity contribution in [2.24, 2.45) is 0 Å². The van der Waals surface area contributed by atoms with Gasteiger partial charge in [0.1, 0.15) is 5.75 Å². The second-order valence-electron chi connectivity index (χ2n) is 5.20. The highest BCUT2D eigenvalue weighted by atomic mass is 16.5. The number of terminal acetylenes is 1. The van der Waals surface area contributed by atoms with E-state index in [9.17, 15) is 10.2 Å². The molecule has 0 saturated heterocycles. The van der Waals surface area contributed by atoms with Crippen molar-refractivity contribution in [3.63, 3.8) is 0 Å². The van der Waals surface area contributed by atoms with Gasteiger partial charge < -0.3 is 14.9 Å². The minimum atomic E-state index is -0.144. The fraction of sp³-hybridized carbons (Fsp3) is 0.556. The quantitative estimate of drug-likeness (QED) is 0.513. The monoisotopic (exact) mass is 290 g/mol. The summed E-state index contributed by atoms with van der Waals surface area (Å²) in [5.74, 6) is 3.10. The van der Waals surface area contributed by atoms with Crippen molar-refractivity contribution in [2.45, 2.75) is 58.7 Å². The Morgan fingerprint density at radius 2 is 1.57 bits per heavy atom. The normalized spacial score (nSPS) is 10.4. The van der Waals surface area contributed by atoms with E-state index in [0.29, 0.717) is 29.0 Å². The van der Waals surface area contributed by atoms with Crippen molar-refractivity contribution < 1.29 is 14.9 Å². The van der Waals surface area contributed by atoms with E-state index in [4.69, 9.17) is 11.2 Å². The Hall–Kier alpha value is -1.50. The lowest BCUT2D eigenvalue weighted by Crippen LogP contribution is -2.05. The Morgan fingerprint density at radius 1 is 1.00 bits per heavy atom. The van der Waals surface area contributed by atoms with Crippen LogP contribution in [0.1, 0.15) is 62.1 Å². The van der Waals surface area contributed by atoms with Gasteiger partial charge in [-0.25, -0.2) is 0 Å². The molecule has 3 nitrogen and oxygen atoms in total. The van der Waals surface area contributed by atoms with Crippen molar-refractivity contribution in [2.75, 3.05) is 6.61 Å². The molecule has 0 spiro atoms. The molecule has 21 heavy (non-hydrogen) atoms. The number of hydrogen-bond acceptors (Lipinski definition) is 3. The first-order valence-electron chi connectivity index (χ1n) is 7.73. The number of aliphatic hydroxyl groups is 2. The van der Waals surface area contributed by atoms with Gasteiger partial charge in [-0.2, -0.15) is 0 Å². The van der Waals surface area contributed by atoms with Gasteiger partial charge in [0.15, 0.2) is 0 Å². The molecular weight excluding hydrogens is 264 g/mol. The van der Waals surface area contributed by atoms with Crippen molar-refractivity contribution in [3.05, 3.63) is 28.8 Å². The summed E-state index contributed by atoms with van der Waals surface area (Å²) in [7, 11) is 0. The largest absolute Gasteiger partial charge is 0.493 e. The lowest BCUT2D eigenvalue weighted by molar-refractivity contribution is 0.244. The van der Waals surface area contributed by atoms with Crippen molar-refractivity contribution in [1.82, 2.24) is 0 Å². The standard InChI is InChI=1S/C18H26O3/c1-3-5-6-7-8-9-10-21-18-16(13-19)11-15(4-2)12-17(18)14-20/h2,11-12,19-20H,3,5-10,13-14H2,1H3. The molecule has 116 valence electrons. The van der Waals surface area contributed by atoms with Crippen LogP contribution in [0.25, 0.3) is 0 Å². The van der Waals surface area contributed by atoms with Crippen LogP contribution in [0.15, 0.2) is 12.1 Å². The number of unbranched alkanes of at least 4 members (excludes halogenated alkanes) is 5. The van der Waals surface area contributed by atoms with Gasteiger partial charge in [-0.3, -0.25) is 0 Å². The Morgan fingerprint density at radius 3 is 2.10 bits per heavy atom. The number of aliphatic hydroxyl groups excluding tert-OH is 2. The van der Waals surface area contributed by atoms with E-state index in [1.807, 2.05) is 0 Å². The predicted octanol–water partition coefficient (Wildman–Crippen LogP) is 3.39. The molecule has 3 heteroatoms. The zero-order valence-electron chi connectivity index (χ0n) is 12.9. The molecule has 0 aromatic heterocycles. The van der Waals surface area contributed by atoms with E-state index in [2.05, 4.69) is 12.8 Å². The predicted molar refractivity (Wildman–Crippen MR) is 85.1 cm³/mol. The molecule has 1 rings (SSSR count). The third kappa shape index (κ3) is 5.79. The molecule has 1 aromatic rings. The van der Waals surface area contributed by atoms with Gasteiger partial charge in [0.2, 0.25) is 0 Å². The van der Waals surface area contributed by atoms with Crippen LogP contribution in [0, 0.1) is 12.3 Å². The summed E-state index contributed by atoms with van der Waals surface area (Å²) in [5, 5.41) is 18.9. The Kier molecular flexibility index (Phi) is 8.57. The first kappa shape index (κ1) is 17.6. The highest BCUT2D eigenvalue weighted by Gasteiger charge is 2.11. The van der Waals surface area contributed by atoms with Crippen LogP contribution >= 0.6 is 0 Å². The highest BCUT2D eigenvalue weighted by molar-refractivity contribution is 5.48. The third-order valence-electron chi connectivity index (χ3n) is 3.49. The molecule has 0 aliphatic carbocycles. The third-order valence-corrected chi connectivity index (χ3v) is 3.49. The van der Waals surface area contributed by atoms with Gasteiger partial charge in [-0.15, -0.1) is 6.42 Å². The van der Waals surface area contributed by atoms with Crippen molar-refractivity contribution in [3.8, 4) is 18.1 Å². The average molecular weight is 290 g/mol. The molecular formula is C18H26O3. The first-order chi connectivity index (χ1) is 10.3. The van der Waals surface area contributed by atoms with E-state index in [-0.39, 0.29) is 13.2 Å². The summed E-state index contributed by atoms with van der Waals surface area (Å²) >= 11 is 0. The van der Waals surface area contributed by atoms with Gasteiger partial charge >= 0.3 is 0 Å². The van der Waals surface area contributed by atoms with Gasteiger partial charge in [0.05, 0.1) is 19.8 Å². The average Bonchev–Trinajstić information content (AvgIpc) is 2.53. The van der Waals surface area contributed by atoms with Crippen LogP contribution < -0.4 is 4.74 Å². The molecule has 0 atom stereocenters. The van der Waals surface area contributed by atoms with E-state index < -0.39 is 0 Å². The molecule has 0 fully saturated rings. The molecule has 0 amide bonds. The van der Waals surface area contributed by atoms with Crippen molar-refractivity contribution in [1.29, 1.82) is 0 Å². The molecule has 1 aromatic carbocycles. The summed E-state index contributed by atoms with van der Waals surface area (Å²) in [5.41, 5.74) is 1.93. The van der Waals surface area contributed by atoms with Crippen LogP contribution in [-0.2, 0) is 13.2 Å². The maximum Gasteiger partial charge on any atom is 0.130 e. The number of rotatable bonds is 10. The molecule has 0 saturated carbocycles. The molecule has 0 heterocycles. The summed E-state index contributed by atoms with van der Waals surface area (Å²) in [4.78, 5) is 0. The molecule has 0 aliphatic heterocycles. The molecule has 0 radical (unpaired) electrons. The summed E-state index contributed by atoms with van der Waals surface area (Å²) in [6.07, 6.45) is 12.5. The summed E-state index contributed by atoms with van der Waals surface area (Å²) < 4.78 is 5.77. The minimum absolute atomic E-state index is 0.144. The SMILES string of the molecule is C#Cc1cc(CO)c(OCCCCCCCC)c(CO)c1. The van der Waals surface area contributed by atoms with E-state index in [0.717, 1.165) is 12.8 Å². The maximum atomic E-state index is 9.43. The molecule has 2 N–H and O–H groups in total. The lowest BCUT2D eigenvalue weighted by Gasteiger charge is -2.15. The smallest absolute Gasteiger partial charge is 0.130 e. The Bertz CT molecular complexity index is 435. The zero-order valence-corrected chi connectivity index (χ0v) is 12.9. The van der Waals surface area contributed by atoms with E-state index >= 15 is 0 Å². The number of benzene rings is 1. The zero-order chi connectivity index (χ0) is 15.5.